The number of nitrogens with zero attached hydrogens (tertiary/aromatic N) is 4. The molecule has 0 aliphatic carbocycles. The Balaban J connectivity index is 1.34. The third kappa shape index (κ3) is 5.65. The molecule has 1 saturated heterocycles. The molecular formula is C31H32FN5O5S. The largest absolute Gasteiger partial charge is 0.497 e. The van der Waals surface area contributed by atoms with Gasteiger partial charge in [-0.15, -0.1) is 10.2 Å². The van der Waals surface area contributed by atoms with E-state index in [0.717, 1.165) is 29.0 Å². The summed E-state index contributed by atoms with van der Waals surface area (Å²) >= 11 is 0. The maximum atomic E-state index is 15.7. The van der Waals surface area contributed by atoms with Crippen molar-refractivity contribution < 1.29 is 26.8 Å². The van der Waals surface area contributed by atoms with E-state index >= 15 is 4.39 Å². The Hall–Kier alpha value is -4.13. The molecule has 1 fully saturated rings. The predicted molar refractivity (Wildman–Crippen MR) is 159 cm³/mol. The summed E-state index contributed by atoms with van der Waals surface area (Å²) in [6.07, 6.45) is 0.915. The zero-order chi connectivity index (χ0) is 30.4. The maximum absolute atomic E-state index is 15.7. The van der Waals surface area contributed by atoms with Crippen molar-refractivity contribution >= 4 is 21.4 Å². The molecule has 0 bridgehead atoms. The first-order chi connectivity index (χ1) is 20.6. The van der Waals surface area contributed by atoms with E-state index in [9.17, 15) is 13.2 Å². The number of carbonyl (C=O) groups excluding carboxylic acids is 1. The van der Waals surface area contributed by atoms with E-state index in [0.29, 0.717) is 12.0 Å². The second kappa shape index (κ2) is 11.2. The number of fused-ring (bicyclic) bond motifs is 1. The quantitative estimate of drug-likeness (QED) is 0.347. The number of anilines is 1. The van der Waals surface area contributed by atoms with Crippen molar-refractivity contribution in [2.24, 2.45) is 5.73 Å². The molecule has 3 heterocycles. The molecule has 0 saturated carbocycles. The third-order valence-corrected chi connectivity index (χ3v) is 9.79. The molecule has 0 spiro atoms. The number of methoxy groups -OCH3 is 1. The van der Waals surface area contributed by atoms with E-state index in [2.05, 4.69) is 10.2 Å². The van der Waals surface area contributed by atoms with E-state index in [1.165, 1.54) is 23.1 Å². The van der Waals surface area contributed by atoms with Crippen LogP contribution in [0.15, 0.2) is 76.0 Å². The second-order valence-electron chi connectivity index (χ2n) is 11.1. The summed E-state index contributed by atoms with van der Waals surface area (Å²) in [6.45, 7) is 0.993. The zero-order valence-electron chi connectivity index (χ0n) is 23.9. The molecule has 1 amide bonds. The van der Waals surface area contributed by atoms with Crippen LogP contribution < -0.4 is 15.4 Å². The number of likely N-dealkylation sites (tertiary alicyclic amines) is 1. The highest BCUT2D eigenvalue weighted by Crippen LogP contribution is 2.38. The van der Waals surface area contributed by atoms with Crippen LogP contribution in [0.3, 0.4) is 0 Å². The molecule has 43 heavy (non-hydrogen) atoms. The van der Waals surface area contributed by atoms with E-state index in [1.807, 2.05) is 60.5 Å². The van der Waals surface area contributed by atoms with Crippen molar-refractivity contribution in [2.75, 3.05) is 37.9 Å². The molecule has 1 unspecified atom stereocenters. The van der Waals surface area contributed by atoms with Gasteiger partial charge in [0.25, 0.3) is 5.89 Å². The van der Waals surface area contributed by atoms with Crippen LogP contribution in [0.25, 0.3) is 22.6 Å². The van der Waals surface area contributed by atoms with Crippen LogP contribution in [-0.4, -0.2) is 68.5 Å². The lowest BCUT2D eigenvalue weighted by molar-refractivity contribution is -0.119. The number of rotatable bonds is 6. The molecule has 6 rings (SSSR count). The lowest BCUT2D eigenvalue weighted by Gasteiger charge is -2.32. The van der Waals surface area contributed by atoms with Gasteiger partial charge in [-0.05, 0) is 73.5 Å². The summed E-state index contributed by atoms with van der Waals surface area (Å²) in [5, 5.41) is 8.07. The topological polar surface area (TPSA) is 132 Å². The number of halogens is 1. The van der Waals surface area contributed by atoms with Crippen LogP contribution in [0, 0.1) is 0 Å². The van der Waals surface area contributed by atoms with E-state index in [1.54, 1.807) is 7.11 Å². The van der Waals surface area contributed by atoms with Gasteiger partial charge in [-0.3, -0.25) is 4.79 Å². The summed E-state index contributed by atoms with van der Waals surface area (Å²) in [6, 6.07) is 18.5. The smallest absolute Gasteiger partial charge is 0.255 e. The Kier molecular flexibility index (Phi) is 7.53. The number of benzene rings is 3. The van der Waals surface area contributed by atoms with Gasteiger partial charge in [0.05, 0.1) is 36.0 Å². The van der Waals surface area contributed by atoms with Gasteiger partial charge in [0.1, 0.15) is 5.75 Å². The molecule has 3 aromatic carbocycles. The van der Waals surface area contributed by atoms with Crippen LogP contribution in [-0.2, 0) is 26.8 Å². The number of likely N-dealkylation sites (N-methyl/N-ethyl adjacent to an activating group) is 1. The highest BCUT2D eigenvalue weighted by molar-refractivity contribution is 7.91. The molecule has 224 valence electrons. The molecule has 1 aromatic heterocycles. The van der Waals surface area contributed by atoms with E-state index < -0.39 is 33.2 Å². The Labute approximate surface area is 249 Å². The maximum Gasteiger partial charge on any atom is 0.255 e. The Morgan fingerprint density at radius 1 is 1.05 bits per heavy atom. The normalized spacial score (nSPS) is 22.2. The monoisotopic (exact) mass is 605 g/mol. The zero-order valence-corrected chi connectivity index (χ0v) is 24.7. The van der Waals surface area contributed by atoms with Crippen molar-refractivity contribution in [3.8, 4) is 28.3 Å². The highest BCUT2D eigenvalue weighted by atomic mass is 32.2. The van der Waals surface area contributed by atoms with Crippen molar-refractivity contribution in [3.63, 3.8) is 0 Å². The molecule has 2 aliphatic heterocycles. The summed E-state index contributed by atoms with van der Waals surface area (Å²) in [4.78, 5) is 16.7. The molecule has 10 nitrogen and oxygen atoms in total. The van der Waals surface area contributed by atoms with E-state index in [4.69, 9.17) is 14.9 Å². The summed E-state index contributed by atoms with van der Waals surface area (Å²) < 4.78 is 53.2. The van der Waals surface area contributed by atoms with Crippen LogP contribution >= 0.6 is 0 Å². The molecule has 2 atom stereocenters. The minimum absolute atomic E-state index is 0.0250. The van der Waals surface area contributed by atoms with Gasteiger partial charge in [-0.2, -0.15) is 0 Å². The summed E-state index contributed by atoms with van der Waals surface area (Å²) in [7, 11) is -0.445. The summed E-state index contributed by atoms with van der Waals surface area (Å²) in [5.74, 6) is -0.383. The van der Waals surface area contributed by atoms with Crippen LogP contribution in [0.4, 0.5) is 10.1 Å². The SMILES string of the molecule is COc1ccc(-c2ccc(CN3C(=O)[C@@H](N)CS(=O)(=O)c4ccc(-c5nnc(C6(F)CCCN(C)C6)o5)cc43)cc2)cc1. The van der Waals surface area contributed by atoms with E-state index in [-0.39, 0.29) is 41.9 Å². The van der Waals surface area contributed by atoms with Gasteiger partial charge in [0, 0.05) is 12.1 Å². The number of ether oxygens (including phenoxy) is 1. The number of aromatic nitrogens is 2. The van der Waals surface area contributed by atoms with Gasteiger partial charge in [0.15, 0.2) is 9.84 Å². The Morgan fingerprint density at radius 2 is 1.72 bits per heavy atom. The number of hydrogen-bond acceptors (Lipinski definition) is 9. The number of sulfone groups is 1. The third-order valence-electron chi connectivity index (χ3n) is 7.97. The number of carbonyl (C=O) groups is 1. The molecule has 12 heteroatoms. The van der Waals surface area contributed by atoms with Crippen molar-refractivity contribution in [1.82, 2.24) is 15.1 Å². The van der Waals surface area contributed by atoms with Gasteiger partial charge < -0.3 is 24.7 Å². The lowest BCUT2D eigenvalue weighted by Crippen LogP contribution is -2.45. The first-order valence-electron chi connectivity index (χ1n) is 14.0. The lowest BCUT2D eigenvalue weighted by atomic mass is 9.95. The number of nitrogens with two attached hydrogens (primary N) is 1. The molecule has 2 N–H and O–H groups in total. The van der Waals surface area contributed by atoms with Crippen LogP contribution in [0.1, 0.15) is 24.3 Å². The fraction of sp³-hybridized carbons (Fsp3) is 0.323. The van der Waals surface area contributed by atoms with Crippen molar-refractivity contribution in [1.29, 1.82) is 0 Å². The average Bonchev–Trinajstić information content (AvgIpc) is 3.49. The number of hydrogen-bond donors (Lipinski definition) is 1. The molecule has 2 aliphatic rings. The first kappa shape index (κ1) is 29.0. The molecule has 0 radical (unpaired) electrons. The second-order valence-corrected chi connectivity index (χ2v) is 13.1. The van der Waals surface area contributed by atoms with Crippen molar-refractivity contribution in [2.45, 2.75) is 36.0 Å². The molecule has 4 aromatic rings. The fourth-order valence-corrected chi connectivity index (χ4v) is 7.24. The minimum atomic E-state index is -3.89. The van der Waals surface area contributed by atoms with Crippen LogP contribution in [0.2, 0.25) is 0 Å². The highest BCUT2D eigenvalue weighted by Gasteiger charge is 2.42. The Morgan fingerprint density at radius 3 is 2.40 bits per heavy atom. The minimum Gasteiger partial charge on any atom is -0.497 e. The number of amides is 1. The van der Waals surface area contributed by atoms with Gasteiger partial charge >= 0.3 is 0 Å². The number of alkyl halides is 1. The average molecular weight is 606 g/mol. The van der Waals surface area contributed by atoms with Crippen molar-refractivity contribution in [3.05, 3.63) is 78.2 Å². The fourth-order valence-electron chi connectivity index (χ4n) is 5.68. The predicted octanol–water partition coefficient (Wildman–Crippen LogP) is 3.95. The molecular weight excluding hydrogens is 573 g/mol. The Bertz CT molecular complexity index is 1760. The van der Waals surface area contributed by atoms with Gasteiger partial charge in [-0.25, -0.2) is 12.8 Å². The number of piperidine rings is 1. The summed E-state index contributed by atoms with van der Waals surface area (Å²) in [5.41, 5.74) is 7.57. The van der Waals surface area contributed by atoms with Gasteiger partial charge in [0.2, 0.25) is 17.5 Å². The van der Waals surface area contributed by atoms with Crippen LogP contribution in [0.5, 0.6) is 5.75 Å². The first-order valence-corrected chi connectivity index (χ1v) is 15.6. The van der Waals surface area contributed by atoms with Gasteiger partial charge in [-0.1, -0.05) is 36.4 Å². The standard InChI is InChI=1S/C31H32FN5O5S/c1-36-15-3-14-31(32,19-36)30-35-34-28(42-30)23-10-13-27-26(16-23)37(29(38)25(33)18-43(27,39)40)17-20-4-6-21(7-5-20)22-8-11-24(41-2)12-9-22/h4-13,16,25H,3,14-15,17-19,33H2,1-2H3/t25-,31?/m0/s1.